The van der Waals surface area contributed by atoms with Gasteiger partial charge in [-0.15, -0.1) is 0 Å². The number of phenolic OH excluding ortho intramolecular Hbond substituents is 1. The Morgan fingerprint density at radius 1 is 1.02 bits per heavy atom. The number of aromatic hydroxyl groups is 1. The smallest absolute Gasteiger partial charge is 0.416 e. The Bertz CT molecular complexity index is 1380. The standard InChI is InChI=1S/C32H39F3N4O4/c1-23-5-6-24(16-30(23)40)15-28-20-36(9-10-37-13-14-43-29(21-37)22-42-2)11-12-39(28)31(41)25-17-26(32(33,34)35)19-27(18-25)38-7-3-4-8-38/h3-8,16-19,28-29,40H,9-15,20-22H2,1-2H3/t28-,29+/m1/s1. The molecule has 3 aromatic rings. The van der Waals surface area contributed by atoms with Crippen LogP contribution >= 0.6 is 0 Å². The van der Waals surface area contributed by atoms with Crippen LogP contribution in [0.5, 0.6) is 5.75 Å². The summed E-state index contributed by atoms with van der Waals surface area (Å²) in [4.78, 5) is 20.3. The minimum absolute atomic E-state index is 0.00114. The van der Waals surface area contributed by atoms with E-state index in [0.717, 1.165) is 49.4 Å². The van der Waals surface area contributed by atoms with Gasteiger partial charge >= 0.3 is 6.18 Å². The van der Waals surface area contributed by atoms with E-state index >= 15 is 0 Å². The number of phenols is 1. The molecule has 0 aliphatic carbocycles. The lowest BCUT2D eigenvalue weighted by Gasteiger charge is -2.43. The maximum absolute atomic E-state index is 14.0. The molecular formula is C32H39F3N4O4. The van der Waals surface area contributed by atoms with Gasteiger partial charge in [0.15, 0.2) is 0 Å². The molecule has 1 aromatic heterocycles. The number of alkyl halides is 3. The fourth-order valence-electron chi connectivity index (χ4n) is 5.89. The number of carbonyl (C=O) groups excluding carboxylic acids is 1. The molecule has 2 aliphatic rings. The zero-order chi connectivity index (χ0) is 30.6. The second-order valence-corrected chi connectivity index (χ2v) is 11.4. The van der Waals surface area contributed by atoms with Gasteiger partial charge in [0.1, 0.15) is 5.75 Å². The Balaban J connectivity index is 1.37. The number of aryl methyl sites for hydroxylation is 1. The van der Waals surface area contributed by atoms with Crippen molar-refractivity contribution in [1.82, 2.24) is 19.3 Å². The topological polar surface area (TPSA) is 70.4 Å². The zero-order valence-electron chi connectivity index (χ0n) is 24.6. The van der Waals surface area contributed by atoms with Gasteiger partial charge in [-0.05, 0) is 60.9 Å². The van der Waals surface area contributed by atoms with Gasteiger partial charge in [0.25, 0.3) is 5.91 Å². The van der Waals surface area contributed by atoms with Crippen LogP contribution in [0.25, 0.3) is 5.69 Å². The third kappa shape index (κ3) is 7.77. The van der Waals surface area contributed by atoms with Gasteiger partial charge in [0.05, 0.1) is 24.9 Å². The molecule has 2 atom stereocenters. The van der Waals surface area contributed by atoms with Gasteiger partial charge in [0, 0.05) is 82.6 Å². The average molecular weight is 601 g/mol. The van der Waals surface area contributed by atoms with Crippen LogP contribution < -0.4 is 0 Å². The summed E-state index contributed by atoms with van der Waals surface area (Å²) in [7, 11) is 1.66. The fourth-order valence-corrected chi connectivity index (χ4v) is 5.89. The minimum atomic E-state index is -4.60. The number of hydrogen-bond acceptors (Lipinski definition) is 6. The molecule has 1 amide bonds. The molecule has 11 heteroatoms. The largest absolute Gasteiger partial charge is 0.508 e. The monoisotopic (exact) mass is 600 g/mol. The summed E-state index contributed by atoms with van der Waals surface area (Å²) in [6, 6.07) is 12.2. The number of nitrogens with zero attached hydrogens (tertiary/aromatic N) is 4. The SMILES string of the molecule is COC[C@@H]1CN(CCN2CCN(C(=O)c3cc(-n4cccc4)cc(C(F)(F)F)c3)[C@H](Cc3ccc(C)c(O)c3)C2)CCO1. The zero-order valence-corrected chi connectivity index (χ0v) is 24.6. The molecular weight excluding hydrogens is 561 g/mol. The molecule has 0 saturated carbocycles. The summed E-state index contributed by atoms with van der Waals surface area (Å²) in [6.45, 7) is 7.82. The molecule has 232 valence electrons. The molecule has 0 radical (unpaired) electrons. The number of benzene rings is 2. The molecule has 8 nitrogen and oxygen atoms in total. The average Bonchev–Trinajstić information content (AvgIpc) is 3.53. The molecule has 1 N–H and O–H groups in total. The second kappa shape index (κ2) is 13.5. The van der Waals surface area contributed by atoms with E-state index in [1.54, 1.807) is 47.2 Å². The van der Waals surface area contributed by atoms with Crippen LogP contribution in [-0.2, 0) is 22.1 Å². The number of methoxy groups -OCH3 is 1. The first kappa shape index (κ1) is 31.1. The van der Waals surface area contributed by atoms with E-state index < -0.39 is 17.6 Å². The lowest BCUT2D eigenvalue weighted by atomic mass is 9.99. The number of morpholine rings is 1. The predicted molar refractivity (Wildman–Crippen MR) is 157 cm³/mol. The Labute approximate surface area is 250 Å². The lowest BCUT2D eigenvalue weighted by Crippen LogP contribution is -2.57. The number of rotatable bonds is 9. The van der Waals surface area contributed by atoms with E-state index in [9.17, 15) is 23.1 Å². The highest BCUT2D eigenvalue weighted by atomic mass is 19.4. The van der Waals surface area contributed by atoms with Crippen LogP contribution in [0.2, 0.25) is 0 Å². The molecule has 0 spiro atoms. The molecule has 2 aromatic carbocycles. The predicted octanol–water partition coefficient (Wildman–Crippen LogP) is 4.23. The van der Waals surface area contributed by atoms with Gasteiger partial charge in [-0.1, -0.05) is 12.1 Å². The first-order valence-electron chi connectivity index (χ1n) is 14.6. The number of aromatic nitrogens is 1. The van der Waals surface area contributed by atoms with Crippen LogP contribution in [0.1, 0.15) is 27.0 Å². The molecule has 43 heavy (non-hydrogen) atoms. The minimum Gasteiger partial charge on any atom is -0.508 e. The normalized spacial score (nSPS) is 20.4. The highest BCUT2D eigenvalue weighted by Gasteiger charge is 2.35. The first-order chi connectivity index (χ1) is 20.6. The second-order valence-electron chi connectivity index (χ2n) is 11.4. The fraction of sp³-hybridized carbons (Fsp3) is 0.469. The quantitative estimate of drug-likeness (QED) is 0.397. The number of hydrogen-bond donors (Lipinski definition) is 1. The van der Waals surface area contributed by atoms with Crippen LogP contribution in [-0.4, -0.2) is 109 Å². The molecule has 3 heterocycles. The molecule has 5 rings (SSSR count). The van der Waals surface area contributed by atoms with Gasteiger partial charge in [-0.25, -0.2) is 0 Å². The van der Waals surface area contributed by atoms with Gasteiger partial charge in [-0.3, -0.25) is 14.6 Å². The van der Waals surface area contributed by atoms with Gasteiger partial charge in [-0.2, -0.15) is 13.2 Å². The Morgan fingerprint density at radius 2 is 1.77 bits per heavy atom. The number of carbonyl (C=O) groups is 1. The summed E-state index contributed by atoms with van der Waals surface area (Å²) in [6.07, 6.45) is -0.786. The molecule has 2 aliphatic heterocycles. The van der Waals surface area contributed by atoms with Crippen molar-refractivity contribution in [2.45, 2.75) is 31.7 Å². The molecule has 0 unspecified atom stereocenters. The molecule has 2 fully saturated rings. The van der Waals surface area contributed by atoms with Crippen molar-refractivity contribution >= 4 is 5.91 Å². The van der Waals surface area contributed by atoms with Crippen molar-refractivity contribution in [1.29, 1.82) is 0 Å². The Hall–Kier alpha value is -3.38. The van der Waals surface area contributed by atoms with E-state index in [-0.39, 0.29) is 29.1 Å². The molecule has 0 bridgehead atoms. The van der Waals surface area contributed by atoms with E-state index in [4.69, 9.17) is 9.47 Å². The van der Waals surface area contributed by atoms with Crippen molar-refractivity contribution in [3.05, 3.63) is 83.2 Å². The van der Waals surface area contributed by atoms with Crippen LogP contribution in [0.4, 0.5) is 13.2 Å². The highest BCUT2D eigenvalue weighted by Crippen LogP contribution is 2.32. The maximum atomic E-state index is 14.0. The summed E-state index contributed by atoms with van der Waals surface area (Å²) >= 11 is 0. The highest BCUT2D eigenvalue weighted by molar-refractivity contribution is 5.95. The van der Waals surface area contributed by atoms with Crippen molar-refractivity contribution in [2.75, 3.05) is 66.1 Å². The van der Waals surface area contributed by atoms with Gasteiger partial charge < -0.3 is 24.0 Å². The van der Waals surface area contributed by atoms with E-state index in [1.165, 1.54) is 6.07 Å². The third-order valence-corrected chi connectivity index (χ3v) is 8.28. The Kier molecular flexibility index (Phi) is 9.75. The van der Waals surface area contributed by atoms with Crippen LogP contribution in [0.15, 0.2) is 60.9 Å². The number of amides is 1. The summed E-state index contributed by atoms with van der Waals surface area (Å²) in [5, 5.41) is 10.3. The van der Waals surface area contributed by atoms with Crippen molar-refractivity contribution in [2.24, 2.45) is 0 Å². The maximum Gasteiger partial charge on any atom is 0.416 e. The van der Waals surface area contributed by atoms with E-state index in [1.807, 2.05) is 19.1 Å². The summed E-state index contributed by atoms with van der Waals surface area (Å²) in [5.41, 5.74) is 1.03. The van der Waals surface area contributed by atoms with E-state index in [2.05, 4.69) is 9.80 Å². The lowest BCUT2D eigenvalue weighted by molar-refractivity contribution is -0.137. The van der Waals surface area contributed by atoms with Crippen LogP contribution in [0.3, 0.4) is 0 Å². The summed E-state index contributed by atoms with van der Waals surface area (Å²) < 4.78 is 54.3. The van der Waals surface area contributed by atoms with Crippen molar-refractivity contribution in [3.8, 4) is 11.4 Å². The Morgan fingerprint density at radius 3 is 2.47 bits per heavy atom. The number of halogens is 3. The van der Waals surface area contributed by atoms with E-state index in [0.29, 0.717) is 39.3 Å². The van der Waals surface area contributed by atoms with Gasteiger partial charge in [0.2, 0.25) is 0 Å². The molecule has 2 saturated heterocycles. The number of piperazine rings is 1. The number of ether oxygens (including phenoxy) is 2. The van der Waals surface area contributed by atoms with Crippen molar-refractivity contribution < 1.29 is 32.5 Å². The van der Waals surface area contributed by atoms with Crippen LogP contribution in [0, 0.1) is 6.92 Å². The third-order valence-electron chi connectivity index (χ3n) is 8.28. The summed E-state index contributed by atoms with van der Waals surface area (Å²) in [5.74, 6) is -0.258. The first-order valence-corrected chi connectivity index (χ1v) is 14.6. The van der Waals surface area contributed by atoms with Crippen molar-refractivity contribution in [3.63, 3.8) is 0 Å².